The Bertz CT molecular complexity index is 911. The van der Waals surface area contributed by atoms with Gasteiger partial charge in [0.25, 0.3) is 5.91 Å². The van der Waals surface area contributed by atoms with Gasteiger partial charge in [-0.05, 0) is 56.7 Å². The van der Waals surface area contributed by atoms with Gasteiger partial charge in [-0.3, -0.25) is 19.4 Å². The van der Waals surface area contributed by atoms with E-state index in [4.69, 9.17) is 0 Å². The first kappa shape index (κ1) is 19.1. The molecule has 1 fully saturated rings. The predicted octanol–water partition coefficient (Wildman–Crippen LogP) is 3.86. The molecule has 0 spiro atoms. The number of benzene rings is 2. The third-order valence-electron chi connectivity index (χ3n) is 4.50. The number of halogens is 1. The zero-order chi connectivity index (χ0) is 19.7. The number of imide groups is 1. The van der Waals surface area contributed by atoms with Crippen molar-refractivity contribution in [2.24, 2.45) is 0 Å². The monoisotopic (exact) mass is 429 g/mol. The molecule has 6 nitrogen and oxygen atoms in total. The molecule has 0 aliphatic carbocycles. The third-order valence-corrected chi connectivity index (χ3v) is 5.39. The van der Waals surface area contributed by atoms with E-state index in [1.165, 1.54) is 4.90 Å². The van der Waals surface area contributed by atoms with Crippen LogP contribution in [0.2, 0.25) is 0 Å². The highest BCUT2D eigenvalue weighted by molar-refractivity contribution is 9.10. The van der Waals surface area contributed by atoms with E-state index in [2.05, 4.69) is 21.2 Å². The molecule has 0 bridgehead atoms. The van der Waals surface area contributed by atoms with Gasteiger partial charge >= 0.3 is 6.03 Å². The molecule has 0 saturated carbocycles. The van der Waals surface area contributed by atoms with Crippen molar-refractivity contribution >= 4 is 45.2 Å². The van der Waals surface area contributed by atoms with Crippen molar-refractivity contribution in [2.75, 3.05) is 16.8 Å². The molecule has 1 heterocycles. The minimum atomic E-state index is -0.650. The number of aryl methyl sites for hydroxylation is 2. The number of hydrogen-bond donors (Lipinski definition) is 1. The average molecular weight is 430 g/mol. The Kier molecular flexibility index (Phi) is 5.32. The highest BCUT2D eigenvalue weighted by Crippen LogP contribution is 2.26. The van der Waals surface area contributed by atoms with E-state index in [9.17, 15) is 14.4 Å². The van der Waals surface area contributed by atoms with Gasteiger partial charge in [0.05, 0.1) is 0 Å². The van der Waals surface area contributed by atoms with Crippen molar-refractivity contribution < 1.29 is 14.4 Å². The second kappa shape index (κ2) is 7.52. The average Bonchev–Trinajstić information content (AvgIpc) is 2.83. The lowest BCUT2D eigenvalue weighted by molar-refractivity contribution is -0.130. The summed E-state index contributed by atoms with van der Waals surface area (Å²) < 4.78 is 0.938. The number of nitrogens with one attached hydrogen (secondary N) is 1. The Morgan fingerprint density at radius 2 is 1.78 bits per heavy atom. The van der Waals surface area contributed by atoms with Gasteiger partial charge in [0.15, 0.2) is 0 Å². The van der Waals surface area contributed by atoms with Crippen molar-refractivity contribution in [3.05, 3.63) is 58.1 Å². The number of carbonyl (C=O) groups excluding carboxylic acids is 3. The molecule has 7 heteroatoms. The quantitative estimate of drug-likeness (QED) is 0.749. The third kappa shape index (κ3) is 3.88. The van der Waals surface area contributed by atoms with Gasteiger partial charge in [-0.25, -0.2) is 4.79 Å². The van der Waals surface area contributed by atoms with E-state index in [0.29, 0.717) is 11.4 Å². The van der Waals surface area contributed by atoms with E-state index in [1.807, 2.05) is 38.1 Å². The lowest BCUT2D eigenvalue weighted by Gasteiger charge is -2.19. The minimum absolute atomic E-state index is 0.320. The van der Waals surface area contributed by atoms with Crippen LogP contribution in [-0.4, -0.2) is 35.3 Å². The Morgan fingerprint density at radius 1 is 1.11 bits per heavy atom. The van der Waals surface area contributed by atoms with Crippen LogP contribution in [0.4, 0.5) is 16.2 Å². The summed E-state index contributed by atoms with van der Waals surface area (Å²) in [6.07, 6.45) is 0. The van der Waals surface area contributed by atoms with Gasteiger partial charge in [-0.2, -0.15) is 0 Å². The summed E-state index contributed by atoms with van der Waals surface area (Å²) in [6, 6.07) is 11.6. The van der Waals surface area contributed by atoms with Gasteiger partial charge in [0.1, 0.15) is 12.6 Å². The normalized spacial score (nSPS) is 16.8. The van der Waals surface area contributed by atoms with E-state index in [0.717, 1.165) is 20.5 Å². The number of hydrogen-bond acceptors (Lipinski definition) is 3. The van der Waals surface area contributed by atoms with E-state index in [-0.39, 0.29) is 12.5 Å². The Morgan fingerprint density at radius 3 is 2.41 bits per heavy atom. The molecule has 27 heavy (non-hydrogen) atoms. The predicted molar refractivity (Wildman–Crippen MR) is 108 cm³/mol. The topological polar surface area (TPSA) is 69.7 Å². The molecule has 1 saturated heterocycles. The summed E-state index contributed by atoms with van der Waals surface area (Å²) in [5.41, 5.74) is 3.28. The van der Waals surface area contributed by atoms with Crippen molar-refractivity contribution in [2.45, 2.75) is 26.8 Å². The van der Waals surface area contributed by atoms with Crippen LogP contribution in [0.5, 0.6) is 0 Å². The molecule has 1 atom stereocenters. The Balaban J connectivity index is 1.73. The number of nitrogens with zero attached hydrogens (tertiary/aromatic N) is 2. The van der Waals surface area contributed by atoms with Gasteiger partial charge < -0.3 is 5.32 Å². The van der Waals surface area contributed by atoms with Crippen molar-refractivity contribution in [1.29, 1.82) is 0 Å². The molecular weight excluding hydrogens is 410 g/mol. The van der Waals surface area contributed by atoms with Crippen LogP contribution in [0, 0.1) is 13.8 Å². The molecule has 0 radical (unpaired) electrons. The van der Waals surface area contributed by atoms with Gasteiger partial charge in [0, 0.05) is 15.8 Å². The molecule has 1 unspecified atom stereocenters. The Labute approximate surface area is 166 Å². The van der Waals surface area contributed by atoms with Crippen LogP contribution in [0.25, 0.3) is 0 Å². The molecule has 0 aromatic heterocycles. The van der Waals surface area contributed by atoms with E-state index in [1.54, 1.807) is 25.1 Å². The molecule has 4 amide bonds. The number of rotatable bonds is 4. The maximum Gasteiger partial charge on any atom is 0.332 e. The fraction of sp³-hybridized carbons (Fsp3) is 0.250. The number of carbonyl (C=O) groups is 3. The zero-order valence-corrected chi connectivity index (χ0v) is 16.9. The van der Waals surface area contributed by atoms with Crippen LogP contribution >= 0.6 is 15.9 Å². The second-order valence-electron chi connectivity index (χ2n) is 6.60. The van der Waals surface area contributed by atoms with Gasteiger partial charge in [0.2, 0.25) is 5.91 Å². The zero-order valence-electron chi connectivity index (χ0n) is 15.3. The molecule has 2 aromatic rings. The number of urea groups is 1. The van der Waals surface area contributed by atoms with Crippen LogP contribution in [0.3, 0.4) is 0 Å². The van der Waals surface area contributed by atoms with E-state index >= 15 is 0 Å². The molecule has 1 aliphatic rings. The summed E-state index contributed by atoms with van der Waals surface area (Å²) >= 11 is 3.41. The summed E-state index contributed by atoms with van der Waals surface area (Å²) in [5, 5.41) is 2.73. The first-order chi connectivity index (χ1) is 12.8. The smallest absolute Gasteiger partial charge is 0.325 e. The van der Waals surface area contributed by atoms with Gasteiger partial charge in [-0.15, -0.1) is 0 Å². The fourth-order valence-corrected chi connectivity index (χ4v) is 3.22. The van der Waals surface area contributed by atoms with Crippen molar-refractivity contribution in [3.63, 3.8) is 0 Å². The van der Waals surface area contributed by atoms with Crippen LogP contribution in [0.1, 0.15) is 18.1 Å². The Hall–Kier alpha value is -2.67. The standard InChI is InChI=1S/C20H20BrN3O3/c1-12-4-7-16(8-5-12)24-14(3)19(26)23(20(24)27)11-18(25)22-15-6-9-17(21)13(2)10-15/h4-10,14H,11H2,1-3H3,(H,22,25). The van der Waals surface area contributed by atoms with E-state index < -0.39 is 18.0 Å². The first-order valence-electron chi connectivity index (χ1n) is 8.55. The largest absolute Gasteiger partial charge is 0.332 e. The second-order valence-corrected chi connectivity index (χ2v) is 7.45. The first-order valence-corrected chi connectivity index (χ1v) is 9.34. The highest BCUT2D eigenvalue weighted by atomic mass is 79.9. The maximum atomic E-state index is 12.7. The maximum absolute atomic E-state index is 12.7. The molecular formula is C20H20BrN3O3. The van der Waals surface area contributed by atoms with Crippen molar-refractivity contribution in [1.82, 2.24) is 4.90 Å². The molecule has 140 valence electrons. The number of anilines is 2. The molecule has 1 N–H and O–H groups in total. The van der Waals surface area contributed by atoms with Crippen molar-refractivity contribution in [3.8, 4) is 0 Å². The lowest BCUT2D eigenvalue weighted by Crippen LogP contribution is -2.39. The fourth-order valence-electron chi connectivity index (χ4n) is 2.98. The van der Waals surface area contributed by atoms with Crippen LogP contribution in [-0.2, 0) is 9.59 Å². The van der Waals surface area contributed by atoms with Crippen LogP contribution < -0.4 is 10.2 Å². The lowest BCUT2D eigenvalue weighted by atomic mass is 10.2. The minimum Gasteiger partial charge on any atom is -0.325 e. The summed E-state index contributed by atoms with van der Waals surface area (Å²) in [7, 11) is 0. The summed E-state index contributed by atoms with van der Waals surface area (Å²) in [4.78, 5) is 40.0. The highest BCUT2D eigenvalue weighted by Gasteiger charge is 2.44. The molecule has 1 aliphatic heterocycles. The molecule has 3 rings (SSSR count). The SMILES string of the molecule is Cc1ccc(N2C(=O)N(CC(=O)Nc3ccc(Br)c(C)c3)C(=O)C2C)cc1. The molecule has 2 aromatic carbocycles. The summed E-state index contributed by atoms with van der Waals surface area (Å²) in [5.74, 6) is -0.806. The summed E-state index contributed by atoms with van der Waals surface area (Å²) in [6.45, 7) is 5.20. The van der Waals surface area contributed by atoms with Gasteiger partial charge in [-0.1, -0.05) is 33.6 Å². The van der Waals surface area contributed by atoms with Crippen LogP contribution in [0.15, 0.2) is 46.9 Å². The number of amides is 4.